The Morgan fingerprint density at radius 2 is 1.15 bits per heavy atom. The summed E-state index contributed by atoms with van der Waals surface area (Å²) in [5, 5.41) is 11.4. The third kappa shape index (κ3) is 5.05. The summed E-state index contributed by atoms with van der Waals surface area (Å²) in [5.74, 6) is -5.56. The van der Waals surface area contributed by atoms with E-state index in [-0.39, 0.29) is 11.1 Å². The molecule has 0 unspecified atom stereocenters. The number of hydrogen-bond acceptors (Lipinski definition) is 7. The summed E-state index contributed by atoms with van der Waals surface area (Å²) >= 11 is 0. The minimum atomic E-state index is -2.25. The van der Waals surface area contributed by atoms with Crippen LogP contribution in [0.3, 0.4) is 0 Å². The van der Waals surface area contributed by atoms with Gasteiger partial charge in [-0.15, -0.1) is 4.91 Å². The van der Waals surface area contributed by atoms with Crippen LogP contribution in [0.5, 0.6) is 0 Å². The molecule has 138 valence electrons. The topological polar surface area (TPSA) is 136 Å². The zero-order valence-corrected chi connectivity index (χ0v) is 13.7. The van der Waals surface area contributed by atoms with Gasteiger partial charge >= 0.3 is 23.8 Å². The molecule has 2 rings (SSSR count). The Morgan fingerprint density at radius 3 is 1.52 bits per heavy atom. The Bertz CT molecular complexity index is 850. The number of aliphatic carboxylic acids is 1. The standard InChI is InChI=1S/C18H13NO8/c20-15(19-25)13(26-17(23)11-7-3-1-4-8-11)14(16(21)22)27-18(24)12-9-5-2-6-10-12/h1-10,13-14H,(H,21,22)/t13-,14-/m0/s1. The second kappa shape index (κ2) is 8.99. The lowest BCUT2D eigenvalue weighted by molar-refractivity contribution is -0.158. The van der Waals surface area contributed by atoms with Crippen LogP contribution < -0.4 is 0 Å². The molecule has 0 saturated heterocycles. The molecule has 0 aliphatic carbocycles. The van der Waals surface area contributed by atoms with Gasteiger partial charge in [-0.25, -0.2) is 14.4 Å². The monoisotopic (exact) mass is 371 g/mol. The molecule has 0 aliphatic heterocycles. The number of nitrogens with zero attached hydrogens (tertiary/aromatic N) is 1. The van der Waals surface area contributed by atoms with Crippen LogP contribution in [-0.4, -0.2) is 41.1 Å². The largest absolute Gasteiger partial charge is 0.478 e. The second-order valence-electron chi connectivity index (χ2n) is 5.15. The van der Waals surface area contributed by atoms with Gasteiger partial charge in [-0.3, -0.25) is 4.79 Å². The number of carbonyl (C=O) groups excluding carboxylic acids is 3. The predicted octanol–water partition coefficient (Wildman–Crippen LogP) is 1.82. The first-order valence-corrected chi connectivity index (χ1v) is 7.56. The molecule has 9 nitrogen and oxygen atoms in total. The number of carboxylic acid groups (broad SMARTS) is 1. The summed E-state index contributed by atoms with van der Waals surface area (Å²) in [7, 11) is 0. The molecule has 0 heterocycles. The van der Waals surface area contributed by atoms with Gasteiger partial charge in [0.2, 0.25) is 12.2 Å². The third-order valence-electron chi connectivity index (χ3n) is 3.34. The molecule has 1 N–H and O–H groups in total. The molecule has 2 aromatic rings. The minimum absolute atomic E-state index is 0.000256. The smallest absolute Gasteiger partial charge is 0.349 e. The molecule has 0 radical (unpaired) electrons. The van der Waals surface area contributed by atoms with Crippen LogP contribution >= 0.6 is 0 Å². The van der Waals surface area contributed by atoms with E-state index in [2.05, 4.69) is 5.18 Å². The maximum absolute atomic E-state index is 12.1. The molecule has 0 aliphatic rings. The summed E-state index contributed by atoms with van der Waals surface area (Å²) in [5.41, 5.74) is 0.00289. The van der Waals surface area contributed by atoms with Crippen molar-refractivity contribution < 1.29 is 33.8 Å². The maximum atomic E-state index is 12.1. The summed E-state index contributed by atoms with van der Waals surface area (Å²) in [6.45, 7) is 0. The molecule has 27 heavy (non-hydrogen) atoms. The number of nitroso groups, excluding NO2 is 1. The van der Waals surface area contributed by atoms with Crippen LogP contribution in [0.4, 0.5) is 0 Å². The Morgan fingerprint density at radius 1 is 0.741 bits per heavy atom. The molecular formula is C18H13NO8. The van der Waals surface area contributed by atoms with Crippen molar-refractivity contribution in [3.05, 3.63) is 76.7 Å². The molecule has 0 bridgehead atoms. The van der Waals surface area contributed by atoms with E-state index in [1.807, 2.05) is 0 Å². The number of carbonyl (C=O) groups is 4. The molecule has 9 heteroatoms. The van der Waals surface area contributed by atoms with Crippen molar-refractivity contribution in [1.29, 1.82) is 0 Å². The van der Waals surface area contributed by atoms with Crippen molar-refractivity contribution >= 4 is 23.8 Å². The molecule has 2 atom stereocenters. The van der Waals surface area contributed by atoms with E-state index in [0.29, 0.717) is 0 Å². The summed E-state index contributed by atoms with van der Waals surface area (Å²) in [6.07, 6.45) is -4.49. The average Bonchev–Trinajstić information content (AvgIpc) is 2.70. The summed E-state index contributed by atoms with van der Waals surface area (Å²) in [4.78, 5) is 58.0. The van der Waals surface area contributed by atoms with Gasteiger partial charge in [0.15, 0.2) is 0 Å². The quantitative estimate of drug-likeness (QED) is 0.575. The van der Waals surface area contributed by atoms with Crippen LogP contribution in [0.2, 0.25) is 0 Å². The van der Waals surface area contributed by atoms with E-state index in [0.717, 1.165) is 0 Å². The zero-order valence-electron chi connectivity index (χ0n) is 13.7. The van der Waals surface area contributed by atoms with Crippen LogP contribution in [0, 0.1) is 4.91 Å². The molecule has 0 fully saturated rings. The van der Waals surface area contributed by atoms with Crippen molar-refractivity contribution in [2.45, 2.75) is 12.2 Å². The van der Waals surface area contributed by atoms with Gasteiger partial charge in [0, 0.05) is 5.18 Å². The lowest BCUT2D eigenvalue weighted by atomic mass is 10.1. The Kier molecular flexibility index (Phi) is 6.48. The number of esters is 2. The van der Waals surface area contributed by atoms with Crippen molar-refractivity contribution in [1.82, 2.24) is 0 Å². The highest BCUT2D eigenvalue weighted by molar-refractivity contribution is 5.96. The van der Waals surface area contributed by atoms with Crippen molar-refractivity contribution in [3.8, 4) is 0 Å². The number of amides is 1. The fourth-order valence-electron chi connectivity index (χ4n) is 2.05. The molecule has 2 aromatic carbocycles. The Balaban J connectivity index is 2.26. The van der Waals surface area contributed by atoms with Gasteiger partial charge in [-0.2, -0.15) is 0 Å². The van der Waals surface area contributed by atoms with Gasteiger partial charge < -0.3 is 14.6 Å². The van der Waals surface area contributed by atoms with Gasteiger partial charge in [0.25, 0.3) is 0 Å². The van der Waals surface area contributed by atoms with Crippen LogP contribution in [0.15, 0.2) is 65.8 Å². The van der Waals surface area contributed by atoms with Crippen molar-refractivity contribution in [2.75, 3.05) is 0 Å². The van der Waals surface area contributed by atoms with Gasteiger partial charge in [0.1, 0.15) is 0 Å². The third-order valence-corrected chi connectivity index (χ3v) is 3.34. The minimum Gasteiger partial charge on any atom is -0.478 e. The number of hydrogen-bond donors (Lipinski definition) is 1. The Hall–Kier alpha value is -3.88. The van der Waals surface area contributed by atoms with E-state index < -0.39 is 36.0 Å². The van der Waals surface area contributed by atoms with Gasteiger partial charge in [0.05, 0.1) is 11.1 Å². The lowest BCUT2D eigenvalue weighted by Gasteiger charge is -2.21. The van der Waals surface area contributed by atoms with E-state index in [1.165, 1.54) is 48.5 Å². The molecule has 1 amide bonds. The average molecular weight is 371 g/mol. The first-order valence-electron chi connectivity index (χ1n) is 7.56. The number of ether oxygens (including phenoxy) is 2. The van der Waals surface area contributed by atoms with E-state index in [4.69, 9.17) is 9.47 Å². The summed E-state index contributed by atoms with van der Waals surface area (Å²) < 4.78 is 9.59. The maximum Gasteiger partial charge on any atom is 0.349 e. The lowest BCUT2D eigenvalue weighted by Crippen LogP contribution is -2.45. The predicted molar refractivity (Wildman–Crippen MR) is 89.7 cm³/mol. The van der Waals surface area contributed by atoms with E-state index >= 15 is 0 Å². The first-order chi connectivity index (χ1) is 12.9. The first kappa shape index (κ1) is 19.4. The van der Waals surface area contributed by atoms with Gasteiger partial charge in [-0.05, 0) is 24.3 Å². The fourth-order valence-corrected chi connectivity index (χ4v) is 2.05. The normalized spacial score (nSPS) is 12.3. The zero-order chi connectivity index (χ0) is 19.8. The second-order valence-corrected chi connectivity index (χ2v) is 5.15. The van der Waals surface area contributed by atoms with E-state index in [9.17, 15) is 29.2 Å². The van der Waals surface area contributed by atoms with Crippen molar-refractivity contribution in [3.63, 3.8) is 0 Å². The number of carboxylic acids is 1. The van der Waals surface area contributed by atoms with Gasteiger partial charge in [-0.1, -0.05) is 36.4 Å². The molecule has 0 spiro atoms. The molecular weight excluding hydrogens is 358 g/mol. The molecule has 0 aromatic heterocycles. The Labute approximate surface area is 152 Å². The van der Waals surface area contributed by atoms with E-state index in [1.54, 1.807) is 12.1 Å². The highest BCUT2D eigenvalue weighted by atomic mass is 16.6. The van der Waals surface area contributed by atoms with Crippen LogP contribution in [0.1, 0.15) is 20.7 Å². The highest BCUT2D eigenvalue weighted by Crippen LogP contribution is 2.14. The number of benzene rings is 2. The van der Waals surface area contributed by atoms with Crippen LogP contribution in [-0.2, 0) is 19.1 Å². The summed E-state index contributed by atoms with van der Waals surface area (Å²) in [6, 6.07) is 14.7. The highest BCUT2D eigenvalue weighted by Gasteiger charge is 2.41. The molecule has 0 saturated carbocycles. The fraction of sp³-hybridized carbons (Fsp3) is 0.111. The SMILES string of the molecule is O=NC(=O)[C@@H](OC(=O)c1ccccc1)[C@H](OC(=O)c1ccccc1)C(=O)O. The van der Waals surface area contributed by atoms with Crippen LogP contribution in [0.25, 0.3) is 0 Å². The van der Waals surface area contributed by atoms with Crippen molar-refractivity contribution in [2.24, 2.45) is 5.18 Å². The number of rotatable bonds is 7.